The first-order valence-electron chi connectivity index (χ1n) is 10.5. The molecule has 0 amide bonds. The predicted octanol–water partition coefficient (Wildman–Crippen LogP) is 5.12. The van der Waals surface area contributed by atoms with Gasteiger partial charge in [0.1, 0.15) is 5.76 Å². The maximum Gasteiger partial charge on any atom is 0.374 e. The highest BCUT2D eigenvalue weighted by atomic mass is 31.2. The number of nitrogens with zero attached hydrogens (tertiary/aromatic N) is 1. The van der Waals surface area contributed by atoms with Gasteiger partial charge in [-0.1, -0.05) is 27.2 Å². The fourth-order valence-electron chi connectivity index (χ4n) is 3.75. The Morgan fingerprint density at radius 2 is 1.66 bits per heavy atom. The quantitative estimate of drug-likeness (QED) is 0.398. The molecule has 1 saturated heterocycles. The first-order chi connectivity index (χ1) is 13.6. The number of hydrogen-bond donors (Lipinski definition) is 0. The number of rotatable bonds is 9. The van der Waals surface area contributed by atoms with Gasteiger partial charge in [0.25, 0.3) is 0 Å². The third-order valence-corrected chi connectivity index (χ3v) is 7.01. The fourth-order valence-corrected chi connectivity index (χ4v) is 5.52. The lowest BCUT2D eigenvalue weighted by Gasteiger charge is -2.27. The van der Waals surface area contributed by atoms with Crippen molar-refractivity contribution in [3.63, 3.8) is 0 Å². The molecule has 1 aromatic rings. The smallest absolute Gasteiger partial charge is 0.374 e. The Bertz CT molecular complexity index is 720. The number of likely N-dealkylation sites (tertiary alicyclic amines) is 1. The number of ether oxygens (including phenoxy) is 1. The summed E-state index contributed by atoms with van der Waals surface area (Å²) in [6, 6.07) is 0. The van der Waals surface area contributed by atoms with Crippen molar-refractivity contribution in [3.05, 3.63) is 22.6 Å². The Morgan fingerprint density at radius 3 is 2.14 bits per heavy atom. The van der Waals surface area contributed by atoms with Gasteiger partial charge < -0.3 is 18.2 Å². The van der Waals surface area contributed by atoms with Crippen LogP contribution in [0, 0.1) is 0 Å². The van der Waals surface area contributed by atoms with Crippen LogP contribution >= 0.6 is 7.60 Å². The number of esters is 1. The molecule has 0 aliphatic carbocycles. The van der Waals surface area contributed by atoms with Gasteiger partial charge in [0.05, 0.1) is 26.5 Å². The van der Waals surface area contributed by atoms with Crippen LogP contribution in [-0.4, -0.2) is 44.3 Å². The molecule has 0 radical (unpaired) electrons. The molecule has 0 saturated carbocycles. The highest BCUT2D eigenvalue weighted by Crippen LogP contribution is 2.53. The summed E-state index contributed by atoms with van der Waals surface area (Å²) in [7, 11) is -2.03. The molecule has 166 valence electrons. The second-order valence-corrected chi connectivity index (χ2v) is 10.5. The van der Waals surface area contributed by atoms with E-state index in [1.54, 1.807) is 13.8 Å². The molecule has 29 heavy (non-hydrogen) atoms. The van der Waals surface area contributed by atoms with Crippen LogP contribution in [0.2, 0.25) is 0 Å². The van der Waals surface area contributed by atoms with E-state index in [4.69, 9.17) is 18.2 Å². The molecule has 2 heterocycles. The van der Waals surface area contributed by atoms with Crippen molar-refractivity contribution in [2.24, 2.45) is 0 Å². The topological polar surface area (TPSA) is 78.2 Å². The average Bonchev–Trinajstić information content (AvgIpc) is 3.00. The second kappa shape index (κ2) is 10.3. The zero-order chi connectivity index (χ0) is 21.7. The maximum atomic E-state index is 13.3. The number of furan rings is 1. The SMILES string of the molecule is CCOP(=O)(Cc1c(C(C)(C)C)oc(C(=O)OC)c1CN1CCCCC1)OCC. The average molecular weight is 429 g/mol. The van der Waals surface area contributed by atoms with Crippen LogP contribution in [0.25, 0.3) is 0 Å². The molecular formula is C21H36NO6P. The van der Waals surface area contributed by atoms with Crippen LogP contribution in [0.3, 0.4) is 0 Å². The van der Waals surface area contributed by atoms with Crippen molar-refractivity contribution in [2.45, 2.75) is 72.0 Å². The Kier molecular flexibility index (Phi) is 8.53. The number of hydrogen-bond acceptors (Lipinski definition) is 7. The summed E-state index contributed by atoms with van der Waals surface area (Å²) < 4.78 is 35.5. The molecular weight excluding hydrogens is 393 g/mol. The van der Waals surface area contributed by atoms with E-state index < -0.39 is 13.6 Å². The molecule has 1 fully saturated rings. The first-order valence-corrected chi connectivity index (χ1v) is 12.2. The van der Waals surface area contributed by atoms with Gasteiger partial charge >= 0.3 is 13.6 Å². The summed E-state index contributed by atoms with van der Waals surface area (Å²) in [5.41, 5.74) is 1.10. The number of methoxy groups -OCH3 is 1. The summed E-state index contributed by atoms with van der Waals surface area (Å²) in [6.45, 7) is 12.7. The lowest BCUT2D eigenvalue weighted by atomic mass is 9.89. The Labute approximate surface area is 174 Å². The maximum absolute atomic E-state index is 13.3. The minimum absolute atomic E-state index is 0.0744. The van der Waals surface area contributed by atoms with E-state index in [1.807, 2.05) is 20.8 Å². The van der Waals surface area contributed by atoms with Crippen molar-refractivity contribution in [2.75, 3.05) is 33.4 Å². The molecule has 8 heteroatoms. The predicted molar refractivity (Wildman–Crippen MR) is 112 cm³/mol. The third kappa shape index (κ3) is 6.17. The van der Waals surface area contributed by atoms with Crippen molar-refractivity contribution >= 4 is 13.6 Å². The van der Waals surface area contributed by atoms with Gasteiger partial charge in [-0.15, -0.1) is 0 Å². The van der Waals surface area contributed by atoms with Gasteiger partial charge in [-0.25, -0.2) is 4.79 Å². The fraction of sp³-hybridized carbons (Fsp3) is 0.762. The minimum atomic E-state index is -3.37. The molecule has 7 nitrogen and oxygen atoms in total. The van der Waals surface area contributed by atoms with Crippen molar-refractivity contribution in [1.82, 2.24) is 4.90 Å². The van der Waals surface area contributed by atoms with Crippen LogP contribution in [0.4, 0.5) is 0 Å². The Balaban J connectivity index is 2.57. The summed E-state index contributed by atoms with van der Waals surface area (Å²) in [5, 5.41) is 0. The molecule has 1 aliphatic heterocycles. The van der Waals surface area contributed by atoms with E-state index in [0.717, 1.165) is 37.1 Å². The van der Waals surface area contributed by atoms with Crippen LogP contribution < -0.4 is 0 Å². The van der Waals surface area contributed by atoms with E-state index in [9.17, 15) is 9.36 Å². The van der Waals surface area contributed by atoms with E-state index in [-0.39, 0.29) is 30.6 Å². The Hall–Kier alpha value is -1.14. The summed E-state index contributed by atoms with van der Waals surface area (Å²) in [4.78, 5) is 14.8. The zero-order valence-electron chi connectivity index (χ0n) is 18.7. The van der Waals surface area contributed by atoms with Gasteiger partial charge in [0.15, 0.2) is 0 Å². The van der Waals surface area contributed by atoms with Gasteiger partial charge in [-0.05, 0) is 39.8 Å². The third-order valence-electron chi connectivity index (χ3n) is 5.00. The first kappa shape index (κ1) is 24.1. The standard InChI is InChI=1S/C21H36NO6P/c1-7-26-29(24,27-8-2)15-17-16(14-22-12-10-9-11-13-22)18(20(23)25-6)28-19(17)21(3,4)5/h7-15H2,1-6H3. The molecule has 0 unspecified atom stereocenters. The van der Waals surface area contributed by atoms with Crippen molar-refractivity contribution in [3.8, 4) is 0 Å². The van der Waals surface area contributed by atoms with Gasteiger partial charge in [-0.3, -0.25) is 9.46 Å². The number of carbonyl (C=O) groups excluding carboxylic acids is 1. The molecule has 0 bridgehead atoms. The Morgan fingerprint density at radius 1 is 1.07 bits per heavy atom. The molecule has 0 aromatic carbocycles. The summed E-state index contributed by atoms with van der Waals surface area (Å²) >= 11 is 0. The van der Waals surface area contributed by atoms with Crippen molar-refractivity contribution in [1.29, 1.82) is 0 Å². The van der Waals surface area contributed by atoms with E-state index in [1.165, 1.54) is 13.5 Å². The second-order valence-electron chi connectivity index (χ2n) is 8.40. The minimum Gasteiger partial charge on any atom is -0.463 e. The lowest BCUT2D eigenvalue weighted by Crippen LogP contribution is -2.30. The summed E-state index contributed by atoms with van der Waals surface area (Å²) in [6.07, 6.45) is 3.55. The largest absolute Gasteiger partial charge is 0.463 e. The van der Waals surface area contributed by atoms with Gasteiger partial charge in [0, 0.05) is 23.1 Å². The van der Waals surface area contributed by atoms with Crippen molar-refractivity contribution < 1.29 is 27.6 Å². The molecule has 0 atom stereocenters. The van der Waals surface area contributed by atoms with Crippen LogP contribution in [-0.2, 0) is 36.5 Å². The lowest BCUT2D eigenvalue weighted by molar-refractivity contribution is 0.0557. The molecule has 2 rings (SSSR count). The van der Waals surface area contributed by atoms with Gasteiger partial charge in [0.2, 0.25) is 5.76 Å². The van der Waals surface area contributed by atoms with Crippen LogP contribution in [0.15, 0.2) is 4.42 Å². The monoisotopic (exact) mass is 429 g/mol. The summed E-state index contributed by atoms with van der Waals surface area (Å²) in [5.74, 6) is 0.304. The van der Waals surface area contributed by atoms with E-state index >= 15 is 0 Å². The van der Waals surface area contributed by atoms with E-state index in [0.29, 0.717) is 12.3 Å². The highest BCUT2D eigenvalue weighted by Gasteiger charge is 2.37. The number of carbonyl (C=O) groups is 1. The molecule has 0 spiro atoms. The highest BCUT2D eigenvalue weighted by molar-refractivity contribution is 7.53. The van der Waals surface area contributed by atoms with Crippen LogP contribution in [0.1, 0.15) is 81.3 Å². The molecule has 1 aliphatic rings. The number of piperidine rings is 1. The molecule has 1 aromatic heterocycles. The van der Waals surface area contributed by atoms with E-state index in [2.05, 4.69) is 4.90 Å². The molecule has 0 N–H and O–H groups in total. The van der Waals surface area contributed by atoms with Gasteiger partial charge in [-0.2, -0.15) is 0 Å². The zero-order valence-corrected chi connectivity index (χ0v) is 19.6. The normalized spacial score (nSPS) is 16.2. The van der Waals surface area contributed by atoms with Crippen LogP contribution in [0.5, 0.6) is 0 Å².